The van der Waals surface area contributed by atoms with E-state index < -0.39 is 4.92 Å². The third-order valence-corrected chi connectivity index (χ3v) is 2.72. The monoisotopic (exact) mass is 258 g/mol. The third kappa shape index (κ3) is 2.88. The largest absolute Gasteiger partial charge is 0.350 e. The smallest absolute Gasteiger partial charge is 0.270 e. The number of amides is 1. The van der Waals surface area contributed by atoms with Crippen LogP contribution in [0.4, 0.5) is 5.69 Å². The Balaban J connectivity index is 2.43. The number of nitrogens with one attached hydrogen (secondary N) is 1. The Morgan fingerprint density at radius 3 is 2.47 bits per heavy atom. The number of nitro benzene ring substituents is 1. The highest BCUT2D eigenvalue weighted by molar-refractivity contribution is 5.99. The number of carbonyl (C=O) groups excluding carboxylic acids is 1. The molecule has 0 saturated heterocycles. The lowest BCUT2D eigenvalue weighted by atomic mass is 10.1. The van der Waals surface area contributed by atoms with Gasteiger partial charge in [0.1, 0.15) is 0 Å². The average molecular weight is 258 g/mol. The van der Waals surface area contributed by atoms with Crippen LogP contribution in [-0.4, -0.2) is 16.9 Å². The van der Waals surface area contributed by atoms with Crippen LogP contribution in [0.5, 0.6) is 0 Å². The third-order valence-electron chi connectivity index (χ3n) is 2.72. The number of non-ortho nitro benzene ring substituents is 1. The number of fused-ring (bicyclic) bond motifs is 1. The van der Waals surface area contributed by atoms with Crippen LogP contribution in [-0.2, 0) is 0 Å². The first kappa shape index (κ1) is 13.0. The van der Waals surface area contributed by atoms with E-state index in [1.54, 1.807) is 24.3 Å². The molecule has 0 bridgehead atoms. The summed E-state index contributed by atoms with van der Waals surface area (Å²) in [4.78, 5) is 22.2. The normalized spacial score (nSPS) is 10.7. The molecule has 19 heavy (non-hydrogen) atoms. The number of rotatable bonds is 3. The molecule has 5 nitrogen and oxygen atoms in total. The summed E-state index contributed by atoms with van der Waals surface area (Å²) in [5.74, 6) is -0.177. The van der Waals surface area contributed by atoms with E-state index >= 15 is 0 Å². The van der Waals surface area contributed by atoms with E-state index in [1.165, 1.54) is 12.1 Å². The Hall–Kier alpha value is -2.43. The quantitative estimate of drug-likeness (QED) is 0.679. The molecule has 0 saturated carbocycles. The second kappa shape index (κ2) is 5.06. The molecule has 0 radical (unpaired) electrons. The zero-order valence-corrected chi connectivity index (χ0v) is 10.7. The lowest BCUT2D eigenvalue weighted by Gasteiger charge is -2.08. The fourth-order valence-corrected chi connectivity index (χ4v) is 1.83. The Labute approximate surface area is 110 Å². The summed E-state index contributed by atoms with van der Waals surface area (Å²) < 4.78 is 0. The van der Waals surface area contributed by atoms with Crippen molar-refractivity contribution in [3.63, 3.8) is 0 Å². The number of nitro groups is 1. The van der Waals surface area contributed by atoms with E-state index in [4.69, 9.17) is 0 Å². The number of hydrogen-bond acceptors (Lipinski definition) is 3. The predicted molar refractivity (Wildman–Crippen MR) is 73.2 cm³/mol. The van der Waals surface area contributed by atoms with Gasteiger partial charge in [-0.15, -0.1) is 0 Å². The molecule has 0 aromatic heterocycles. The molecule has 1 amide bonds. The van der Waals surface area contributed by atoms with Crippen molar-refractivity contribution < 1.29 is 9.72 Å². The highest BCUT2D eigenvalue weighted by Crippen LogP contribution is 2.22. The molecule has 2 rings (SSSR count). The summed E-state index contributed by atoms with van der Waals surface area (Å²) in [5, 5.41) is 15.1. The van der Waals surface area contributed by atoms with Crippen molar-refractivity contribution in [2.24, 2.45) is 0 Å². The maximum Gasteiger partial charge on any atom is 0.270 e. The summed E-state index contributed by atoms with van der Waals surface area (Å²) in [6.45, 7) is 3.76. The second-order valence-corrected chi connectivity index (χ2v) is 4.63. The Kier molecular flexibility index (Phi) is 3.46. The first-order chi connectivity index (χ1) is 8.97. The summed E-state index contributed by atoms with van der Waals surface area (Å²) in [5.41, 5.74) is 0.524. The van der Waals surface area contributed by atoms with Crippen molar-refractivity contribution in [1.29, 1.82) is 0 Å². The van der Waals surface area contributed by atoms with Crippen molar-refractivity contribution in [3.8, 4) is 0 Å². The lowest BCUT2D eigenvalue weighted by Crippen LogP contribution is -2.29. The molecule has 0 aliphatic heterocycles. The molecule has 0 aliphatic carbocycles. The first-order valence-corrected chi connectivity index (χ1v) is 5.96. The second-order valence-electron chi connectivity index (χ2n) is 4.63. The number of nitrogens with zero attached hydrogens (tertiary/aromatic N) is 1. The maximum absolute atomic E-state index is 11.9. The zero-order valence-electron chi connectivity index (χ0n) is 10.7. The number of benzene rings is 2. The van der Waals surface area contributed by atoms with Crippen LogP contribution in [0.15, 0.2) is 36.4 Å². The molecule has 0 heterocycles. The molecule has 0 unspecified atom stereocenters. The fourth-order valence-electron chi connectivity index (χ4n) is 1.83. The topological polar surface area (TPSA) is 72.2 Å². The van der Waals surface area contributed by atoms with Gasteiger partial charge in [-0.1, -0.05) is 6.07 Å². The van der Waals surface area contributed by atoms with Gasteiger partial charge in [0.25, 0.3) is 11.6 Å². The average Bonchev–Trinajstić information content (AvgIpc) is 2.36. The van der Waals surface area contributed by atoms with Crippen molar-refractivity contribution >= 4 is 22.4 Å². The Bertz CT molecular complexity index is 650. The van der Waals surface area contributed by atoms with Crippen molar-refractivity contribution in [1.82, 2.24) is 5.32 Å². The maximum atomic E-state index is 11.9. The molecular formula is C14H14N2O3. The predicted octanol–water partition coefficient (Wildman–Crippen LogP) is 2.89. The summed E-state index contributed by atoms with van der Waals surface area (Å²) >= 11 is 0. The van der Waals surface area contributed by atoms with Gasteiger partial charge >= 0.3 is 0 Å². The summed E-state index contributed by atoms with van der Waals surface area (Å²) in [6.07, 6.45) is 0. The van der Waals surface area contributed by atoms with Gasteiger partial charge in [-0.2, -0.15) is 0 Å². The molecule has 0 spiro atoms. The van der Waals surface area contributed by atoms with Crippen molar-refractivity contribution in [2.75, 3.05) is 0 Å². The first-order valence-electron chi connectivity index (χ1n) is 5.96. The van der Waals surface area contributed by atoms with E-state index in [1.807, 2.05) is 13.8 Å². The van der Waals surface area contributed by atoms with Gasteiger partial charge in [0.15, 0.2) is 0 Å². The van der Waals surface area contributed by atoms with Crippen LogP contribution in [0, 0.1) is 10.1 Å². The molecule has 5 heteroatoms. The molecule has 0 aliphatic rings. The van der Waals surface area contributed by atoms with Crippen LogP contribution in [0.1, 0.15) is 24.2 Å². The van der Waals surface area contributed by atoms with Gasteiger partial charge < -0.3 is 5.32 Å². The number of hydrogen-bond donors (Lipinski definition) is 1. The molecular weight excluding hydrogens is 244 g/mol. The van der Waals surface area contributed by atoms with Gasteiger partial charge in [-0.3, -0.25) is 14.9 Å². The molecule has 98 valence electrons. The van der Waals surface area contributed by atoms with E-state index in [-0.39, 0.29) is 17.6 Å². The van der Waals surface area contributed by atoms with Crippen LogP contribution >= 0.6 is 0 Å². The Morgan fingerprint density at radius 2 is 1.84 bits per heavy atom. The molecule has 0 fully saturated rings. The standard InChI is InChI=1S/C14H14N2O3/c1-9(2)15-14(17)11-4-3-10-5-6-13(16(18)19)8-12(10)7-11/h3-9H,1-2H3,(H,15,17). The highest BCUT2D eigenvalue weighted by Gasteiger charge is 2.10. The summed E-state index contributed by atoms with van der Waals surface area (Å²) in [7, 11) is 0. The minimum Gasteiger partial charge on any atom is -0.350 e. The molecule has 2 aromatic rings. The van der Waals surface area contributed by atoms with Crippen LogP contribution < -0.4 is 5.32 Å². The van der Waals surface area contributed by atoms with Crippen LogP contribution in [0.25, 0.3) is 10.8 Å². The van der Waals surface area contributed by atoms with E-state index in [2.05, 4.69) is 5.32 Å². The molecule has 1 N–H and O–H groups in total. The van der Waals surface area contributed by atoms with Gasteiger partial charge in [0.2, 0.25) is 0 Å². The van der Waals surface area contributed by atoms with Crippen molar-refractivity contribution in [3.05, 3.63) is 52.1 Å². The van der Waals surface area contributed by atoms with Crippen molar-refractivity contribution in [2.45, 2.75) is 19.9 Å². The van der Waals surface area contributed by atoms with E-state index in [0.717, 1.165) is 5.39 Å². The van der Waals surface area contributed by atoms with Gasteiger partial charge in [-0.05, 0) is 42.8 Å². The van der Waals surface area contributed by atoms with Crippen LogP contribution in [0.2, 0.25) is 0 Å². The lowest BCUT2D eigenvalue weighted by molar-refractivity contribution is -0.384. The highest BCUT2D eigenvalue weighted by atomic mass is 16.6. The van der Waals surface area contributed by atoms with E-state index in [0.29, 0.717) is 10.9 Å². The van der Waals surface area contributed by atoms with Crippen LogP contribution in [0.3, 0.4) is 0 Å². The van der Waals surface area contributed by atoms with Gasteiger partial charge in [-0.25, -0.2) is 0 Å². The summed E-state index contributed by atoms with van der Waals surface area (Å²) in [6, 6.07) is 9.82. The molecule has 0 atom stereocenters. The number of carbonyl (C=O) groups is 1. The zero-order chi connectivity index (χ0) is 14.0. The molecule has 2 aromatic carbocycles. The van der Waals surface area contributed by atoms with Gasteiger partial charge in [0.05, 0.1) is 4.92 Å². The Morgan fingerprint density at radius 1 is 1.16 bits per heavy atom. The SMILES string of the molecule is CC(C)NC(=O)c1ccc2ccc([N+](=O)[O-])cc2c1. The fraction of sp³-hybridized carbons (Fsp3) is 0.214. The minimum atomic E-state index is -0.444. The van der Waals surface area contributed by atoms with Gasteiger partial charge in [0, 0.05) is 23.7 Å². The van der Waals surface area contributed by atoms with E-state index in [9.17, 15) is 14.9 Å². The minimum absolute atomic E-state index is 0.0221.